The Morgan fingerprint density at radius 1 is 1.30 bits per heavy atom. The average Bonchev–Trinajstić information content (AvgIpc) is 2.98. The maximum atomic E-state index is 11.1. The van der Waals surface area contributed by atoms with Crippen LogP contribution in [0.3, 0.4) is 0 Å². The summed E-state index contributed by atoms with van der Waals surface area (Å²) in [4.78, 5) is 13.1. The highest BCUT2D eigenvalue weighted by Crippen LogP contribution is 2.49. The van der Waals surface area contributed by atoms with Crippen LogP contribution in [0.5, 0.6) is 5.75 Å². The van der Waals surface area contributed by atoms with Gasteiger partial charge in [0.15, 0.2) is 0 Å². The topological polar surface area (TPSA) is 46.5 Å². The second-order valence-electron chi connectivity index (χ2n) is 5.75. The molecule has 4 rings (SSSR count). The van der Waals surface area contributed by atoms with Crippen molar-refractivity contribution in [2.24, 2.45) is 0 Å². The SMILES string of the molecule is O=C(O)Cc1cc2c(s1)-c1ccccc1OC2C1=CCCC=C1. The highest BCUT2D eigenvalue weighted by molar-refractivity contribution is 7.15. The maximum absolute atomic E-state index is 11.1. The molecule has 2 aliphatic rings. The predicted molar refractivity (Wildman–Crippen MR) is 90.9 cm³/mol. The molecule has 4 heteroatoms. The van der Waals surface area contributed by atoms with Gasteiger partial charge in [-0.3, -0.25) is 4.79 Å². The van der Waals surface area contributed by atoms with Crippen molar-refractivity contribution < 1.29 is 14.6 Å². The number of allylic oxidation sites excluding steroid dienone is 2. The third-order valence-corrected chi connectivity index (χ3v) is 5.31. The molecular formula is C19H16O3S. The molecule has 0 saturated heterocycles. The molecule has 1 N–H and O–H groups in total. The van der Waals surface area contributed by atoms with Crippen molar-refractivity contribution in [1.82, 2.24) is 0 Å². The molecule has 0 fully saturated rings. The zero-order valence-electron chi connectivity index (χ0n) is 12.5. The first-order valence-corrected chi connectivity index (χ1v) is 8.51. The standard InChI is InChI=1S/C19H16O3S/c20-17(21)11-13-10-15-18(12-6-2-1-3-7-12)22-16-9-5-4-8-14(16)19(15)23-13/h2,4-10,18H,1,3,11H2,(H,20,21). The van der Waals surface area contributed by atoms with Crippen LogP contribution < -0.4 is 4.74 Å². The summed E-state index contributed by atoms with van der Waals surface area (Å²) in [7, 11) is 0. The van der Waals surface area contributed by atoms with E-state index < -0.39 is 5.97 Å². The molecule has 23 heavy (non-hydrogen) atoms. The Hall–Kier alpha value is -2.33. The fourth-order valence-electron chi connectivity index (χ4n) is 3.12. The first-order chi connectivity index (χ1) is 11.2. The van der Waals surface area contributed by atoms with E-state index in [4.69, 9.17) is 9.84 Å². The van der Waals surface area contributed by atoms with Crippen molar-refractivity contribution in [3.8, 4) is 16.2 Å². The number of aliphatic carboxylic acids is 1. The summed E-state index contributed by atoms with van der Waals surface area (Å²) in [6.45, 7) is 0. The van der Waals surface area contributed by atoms with Crippen molar-refractivity contribution in [2.75, 3.05) is 0 Å². The summed E-state index contributed by atoms with van der Waals surface area (Å²) in [6, 6.07) is 9.98. The lowest BCUT2D eigenvalue weighted by atomic mass is 9.92. The van der Waals surface area contributed by atoms with Crippen LogP contribution in [0.1, 0.15) is 29.4 Å². The lowest BCUT2D eigenvalue weighted by Crippen LogP contribution is -2.14. The maximum Gasteiger partial charge on any atom is 0.308 e. The molecule has 1 atom stereocenters. The Labute approximate surface area is 138 Å². The molecule has 0 amide bonds. The molecule has 3 nitrogen and oxygen atoms in total. The van der Waals surface area contributed by atoms with E-state index in [-0.39, 0.29) is 12.5 Å². The number of hydrogen-bond acceptors (Lipinski definition) is 3. The monoisotopic (exact) mass is 324 g/mol. The Bertz CT molecular complexity index is 829. The summed E-state index contributed by atoms with van der Waals surface area (Å²) >= 11 is 1.56. The lowest BCUT2D eigenvalue weighted by Gasteiger charge is -2.28. The number of para-hydroxylation sites is 1. The number of hydrogen-bond donors (Lipinski definition) is 1. The van der Waals surface area contributed by atoms with Gasteiger partial charge < -0.3 is 9.84 Å². The molecular weight excluding hydrogens is 308 g/mol. The third kappa shape index (κ3) is 2.59. The van der Waals surface area contributed by atoms with Crippen molar-refractivity contribution in [3.63, 3.8) is 0 Å². The van der Waals surface area contributed by atoms with Crippen molar-refractivity contribution in [1.29, 1.82) is 0 Å². The fraction of sp³-hybridized carbons (Fsp3) is 0.211. The zero-order valence-corrected chi connectivity index (χ0v) is 13.3. The fourth-order valence-corrected chi connectivity index (χ4v) is 4.33. The van der Waals surface area contributed by atoms with Crippen LogP contribution in [0.2, 0.25) is 0 Å². The number of rotatable bonds is 3. The van der Waals surface area contributed by atoms with Crippen LogP contribution in [-0.2, 0) is 11.2 Å². The van der Waals surface area contributed by atoms with Gasteiger partial charge in [-0.1, -0.05) is 30.4 Å². The number of carbonyl (C=O) groups is 1. The first-order valence-electron chi connectivity index (χ1n) is 7.69. The van der Waals surface area contributed by atoms with Gasteiger partial charge in [-0.25, -0.2) is 0 Å². The van der Waals surface area contributed by atoms with Crippen molar-refractivity contribution in [3.05, 3.63) is 64.6 Å². The number of ether oxygens (including phenoxy) is 1. The summed E-state index contributed by atoms with van der Waals surface area (Å²) in [5.41, 5.74) is 3.30. The molecule has 0 saturated carbocycles. The van der Waals surface area contributed by atoms with E-state index in [1.54, 1.807) is 11.3 Å². The Balaban J connectivity index is 1.83. The quantitative estimate of drug-likeness (QED) is 0.886. The summed E-state index contributed by atoms with van der Waals surface area (Å²) in [5, 5.41) is 9.09. The molecule has 1 aromatic carbocycles. The van der Waals surface area contributed by atoms with Gasteiger partial charge in [0.1, 0.15) is 11.9 Å². The highest BCUT2D eigenvalue weighted by Gasteiger charge is 2.30. The summed E-state index contributed by atoms with van der Waals surface area (Å²) in [6.07, 6.45) is 8.51. The molecule has 2 aromatic rings. The molecule has 116 valence electrons. The number of fused-ring (bicyclic) bond motifs is 3. The lowest BCUT2D eigenvalue weighted by molar-refractivity contribution is -0.136. The van der Waals surface area contributed by atoms with Crippen LogP contribution in [-0.4, -0.2) is 11.1 Å². The predicted octanol–water partition coefficient (Wildman–Crippen LogP) is 4.75. The van der Waals surface area contributed by atoms with E-state index in [1.165, 1.54) is 0 Å². The molecule has 0 bridgehead atoms. The van der Waals surface area contributed by atoms with E-state index >= 15 is 0 Å². The minimum atomic E-state index is -0.800. The Morgan fingerprint density at radius 2 is 2.17 bits per heavy atom. The van der Waals surface area contributed by atoms with Crippen molar-refractivity contribution in [2.45, 2.75) is 25.4 Å². The molecule has 1 aromatic heterocycles. The molecule has 0 radical (unpaired) electrons. The first kappa shape index (κ1) is 14.3. The van der Waals surface area contributed by atoms with Gasteiger partial charge in [-0.2, -0.15) is 0 Å². The summed E-state index contributed by atoms with van der Waals surface area (Å²) < 4.78 is 6.26. The van der Waals surface area contributed by atoms with Gasteiger partial charge in [-0.15, -0.1) is 11.3 Å². The highest BCUT2D eigenvalue weighted by atomic mass is 32.1. The van der Waals surface area contributed by atoms with E-state index in [9.17, 15) is 4.79 Å². The van der Waals surface area contributed by atoms with Crippen molar-refractivity contribution >= 4 is 17.3 Å². The smallest absolute Gasteiger partial charge is 0.308 e. The van der Waals surface area contributed by atoms with E-state index in [0.29, 0.717) is 0 Å². The zero-order chi connectivity index (χ0) is 15.8. The van der Waals surface area contributed by atoms with Crippen LogP contribution >= 0.6 is 11.3 Å². The number of benzene rings is 1. The van der Waals surface area contributed by atoms with E-state index in [2.05, 4.69) is 18.2 Å². The summed E-state index contributed by atoms with van der Waals surface area (Å²) in [5.74, 6) is 0.0692. The van der Waals surface area contributed by atoms with Crippen LogP contribution in [0.15, 0.2) is 54.1 Å². The van der Waals surface area contributed by atoms with Gasteiger partial charge in [-0.05, 0) is 36.6 Å². The van der Waals surface area contributed by atoms with Crippen LogP contribution in [0, 0.1) is 0 Å². The minimum absolute atomic E-state index is 0.0570. The van der Waals surface area contributed by atoms with Gasteiger partial charge in [0.2, 0.25) is 0 Å². The van der Waals surface area contributed by atoms with Gasteiger partial charge in [0.25, 0.3) is 0 Å². The van der Waals surface area contributed by atoms with Gasteiger partial charge >= 0.3 is 5.97 Å². The second kappa shape index (κ2) is 5.70. The normalized spacial score (nSPS) is 18.6. The Morgan fingerprint density at radius 3 is 2.96 bits per heavy atom. The molecule has 1 aliphatic heterocycles. The van der Waals surface area contributed by atoms with Gasteiger partial charge in [0, 0.05) is 20.9 Å². The van der Waals surface area contributed by atoms with E-state index in [0.717, 1.165) is 45.0 Å². The van der Waals surface area contributed by atoms with Gasteiger partial charge in [0.05, 0.1) is 6.42 Å². The number of thiophene rings is 1. The Kier molecular flexibility index (Phi) is 3.54. The average molecular weight is 324 g/mol. The number of carboxylic acids is 1. The number of carboxylic acid groups (broad SMARTS) is 1. The van der Waals surface area contributed by atoms with Crippen LogP contribution in [0.25, 0.3) is 10.4 Å². The van der Waals surface area contributed by atoms with Crippen LogP contribution in [0.4, 0.5) is 0 Å². The molecule has 1 unspecified atom stereocenters. The molecule has 2 heterocycles. The molecule has 0 spiro atoms. The molecule has 1 aliphatic carbocycles. The third-order valence-electron chi connectivity index (χ3n) is 4.12. The largest absolute Gasteiger partial charge is 0.481 e. The minimum Gasteiger partial charge on any atom is -0.481 e. The second-order valence-corrected chi connectivity index (χ2v) is 6.88. The van der Waals surface area contributed by atoms with E-state index in [1.807, 2.05) is 30.3 Å².